The van der Waals surface area contributed by atoms with Gasteiger partial charge >= 0.3 is 108 Å². The van der Waals surface area contributed by atoms with Gasteiger partial charge in [0.1, 0.15) is 0 Å². The Hall–Kier alpha value is -1.31. The van der Waals surface area contributed by atoms with Gasteiger partial charge in [0.2, 0.25) is 0 Å². The molecule has 0 radical (unpaired) electrons. The van der Waals surface area contributed by atoms with Crippen molar-refractivity contribution in [3.63, 3.8) is 0 Å². The van der Waals surface area contributed by atoms with Crippen LogP contribution in [-0.4, -0.2) is 26.0 Å². The van der Waals surface area contributed by atoms with Crippen LogP contribution in [0, 0.1) is 0 Å². The molecule has 0 fully saturated rings. The fourth-order valence-electron chi connectivity index (χ4n) is 1.73. The van der Waals surface area contributed by atoms with Gasteiger partial charge in [-0.2, -0.15) is 0 Å². The first-order chi connectivity index (χ1) is 8.16. The van der Waals surface area contributed by atoms with Gasteiger partial charge in [-0.25, -0.2) is 0 Å². The Labute approximate surface area is 108 Å². The van der Waals surface area contributed by atoms with E-state index in [-0.39, 0.29) is 15.2 Å². The molecular formula is C14H15NOSe. The van der Waals surface area contributed by atoms with Crippen molar-refractivity contribution in [2.45, 2.75) is 20.3 Å². The quantitative estimate of drug-likeness (QED) is 0.835. The van der Waals surface area contributed by atoms with Crippen LogP contribution in [0.3, 0.4) is 0 Å². The third-order valence-electron chi connectivity index (χ3n) is 2.57. The topological polar surface area (TPSA) is 32.6 Å². The van der Waals surface area contributed by atoms with Crippen LogP contribution in [-0.2, 0) is 0 Å². The van der Waals surface area contributed by atoms with Gasteiger partial charge < -0.3 is 0 Å². The molecule has 0 saturated carbocycles. The van der Waals surface area contributed by atoms with E-state index in [1.54, 1.807) is 0 Å². The van der Waals surface area contributed by atoms with E-state index < -0.39 is 0 Å². The molecular weight excluding hydrogens is 277 g/mol. The van der Waals surface area contributed by atoms with Crippen LogP contribution in [0.5, 0.6) is 0 Å². The summed E-state index contributed by atoms with van der Waals surface area (Å²) in [6.45, 7) is 4.03. The van der Waals surface area contributed by atoms with E-state index in [1.807, 2.05) is 31.2 Å². The summed E-state index contributed by atoms with van der Waals surface area (Å²) in [7, 11) is 0. The molecule has 0 amide bonds. The molecule has 0 heterocycles. The van der Waals surface area contributed by atoms with E-state index in [4.69, 9.17) is 0 Å². The van der Waals surface area contributed by atoms with Crippen molar-refractivity contribution >= 4 is 25.3 Å². The van der Waals surface area contributed by atoms with Crippen molar-refractivity contribution < 1.29 is 5.11 Å². The Bertz CT molecular complexity index is 500. The predicted molar refractivity (Wildman–Crippen MR) is 73.0 cm³/mol. The first-order valence-corrected chi connectivity index (χ1v) is 7.15. The zero-order valence-electron chi connectivity index (χ0n) is 9.97. The number of aliphatic hydroxyl groups is 1. The van der Waals surface area contributed by atoms with Crippen molar-refractivity contribution in [3.8, 4) is 0 Å². The molecule has 0 unspecified atom stereocenters. The number of allylic oxidation sites excluding steroid dienone is 3. The van der Waals surface area contributed by atoms with Crippen molar-refractivity contribution in [2.24, 2.45) is 4.01 Å². The fraction of sp³-hybridized carbons (Fsp3) is 0.214. The third kappa shape index (κ3) is 3.09. The fourth-order valence-corrected chi connectivity index (χ4v) is 3.03. The molecule has 1 aromatic carbocycles. The molecule has 0 spiro atoms. The molecule has 0 atom stereocenters. The van der Waals surface area contributed by atoms with Crippen molar-refractivity contribution in [1.29, 1.82) is 0 Å². The van der Waals surface area contributed by atoms with E-state index >= 15 is 0 Å². The molecule has 0 bridgehead atoms. The van der Waals surface area contributed by atoms with Crippen LogP contribution in [0.2, 0.25) is 0 Å². The van der Waals surface area contributed by atoms with Crippen molar-refractivity contribution in [1.82, 2.24) is 0 Å². The summed E-state index contributed by atoms with van der Waals surface area (Å²) in [5.74, 6) is 0.355. The van der Waals surface area contributed by atoms with Crippen LogP contribution in [0.4, 0.5) is 0 Å². The van der Waals surface area contributed by atoms with Crippen molar-refractivity contribution in [2.75, 3.05) is 0 Å². The van der Waals surface area contributed by atoms with Gasteiger partial charge in [0.15, 0.2) is 0 Å². The number of rotatable bonds is 2. The van der Waals surface area contributed by atoms with Crippen LogP contribution in [0.25, 0.3) is 0 Å². The molecule has 17 heavy (non-hydrogen) atoms. The molecule has 0 aliphatic heterocycles. The summed E-state index contributed by atoms with van der Waals surface area (Å²) >= 11 is 0.0268. The van der Waals surface area contributed by atoms with Gasteiger partial charge in [0, 0.05) is 0 Å². The molecule has 0 aromatic heterocycles. The molecule has 2 rings (SSSR count). The number of aliphatic hydroxyl groups excluding tert-OH is 1. The van der Waals surface area contributed by atoms with E-state index in [9.17, 15) is 5.11 Å². The summed E-state index contributed by atoms with van der Waals surface area (Å²) in [4.78, 5) is 0. The standard InChI is InChI=1S/C14H15NOSe/c1-10-8-11(2)14(16)13(9-10)15-17-12-6-4-3-5-7-12/h3-7,9,16H,8H2,1-2H3/b15-13+. The molecule has 1 aromatic rings. The molecule has 1 aliphatic rings. The number of nitrogens with zero attached hydrogens (tertiary/aromatic N) is 1. The van der Waals surface area contributed by atoms with Gasteiger partial charge in [-0.1, -0.05) is 0 Å². The van der Waals surface area contributed by atoms with E-state index in [0.717, 1.165) is 17.7 Å². The summed E-state index contributed by atoms with van der Waals surface area (Å²) < 4.78 is 5.75. The Morgan fingerprint density at radius 1 is 1.18 bits per heavy atom. The van der Waals surface area contributed by atoms with Crippen LogP contribution in [0.1, 0.15) is 20.3 Å². The average molecular weight is 292 g/mol. The molecule has 3 heteroatoms. The zero-order valence-corrected chi connectivity index (χ0v) is 11.7. The van der Waals surface area contributed by atoms with Gasteiger partial charge in [-0.05, 0) is 0 Å². The molecule has 1 aliphatic carbocycles. The second kappa shape index (κ2) is 5.35. The van der Waals surface area contributed by atoms with Crippen LogP contribution in [0.15, 0.2) is 57.3 Å². The molecule has 2 nitrogen and oxygen atoms in total. The van der Waals surface area contributed by atoms with Gasteiger partial charge in [-0.15, -0.1) is 0 Å². The van der Waals surface area contributed by atoms with E-state index in [0.29, 0.717) is 5.76 Å². The summed E-state index contributed by atoms with van der Waals surface area (Å²) in [6.07, 6.45) is 2.83. The number of hydrogen-bond donors (Lipinski definition) is 1. The van der Waals surface area contributed by atoms with E-state index in [2.05, 4.69) is 23.1 Å². The van der Waals surface area contributed by atoms with Gasteiger partial charge in [0.25, 0.3) is 0 Å². The predicted octanol–water partition coefficient (Wildman–Crippen LogP) is 2.55. The Kier molecular flexibility index (Phi) is 3.82. The Morgan fingerprint density at radius 3 is 2.59 bits per heavy atom. The minimum absolute atomic E-state index is 0.0268. The normalized spacial score (nSPS) is 18.5. The second-order valence-corrected chi connectivity index (χ2v) is 5.93. The number of benzene rings is 1. The van der Waals surface area contributed by atoms with Crippen LogP contribution >= 0.6 is 0 Å². The Morgan fingerprint density at radius 2 is 1.88 bits per heavy atom. The maximum atomic E-state index is 9.95. The minimum atomic E-state index is 0.0268. The SMILES string of the molecule is CC1=C/C(=N\[Se]c2ccccc2)C(O)=C(C)C1. The Balaban J connectivity index is 2.19. The molecule has 88 valence electrons. The maximum absolute atomic E-state index is 9.95. The third-order valence-corrected chi connectivity index (χ3v) is 4.18. The van der Waals surface area contributed by atoms with Crippen LogP contribution < -0.4 is 4.46 Å². The monoisotopic (exact) mass is 293 g/mol. The summed E-state index contributed by atoms with van der Waals surface area (Å²) in [6, 6.07) is 10.2. The van der Waals surface area contributed by atoms with Gasteiger partial charge in [-0.3, -0.25) is 0 Å². The summed E-state index contributed by atoms with van der Waals surface area (Å²) in [5, 5.41) is 9.95. The van der Waals surface area contributed by atoms with Crippen molar-refractivity contribution in [3.05, 3.63) is 53.3 Å². The zero-order chi connectivity index (χ0) is 12.3. The first-order valence-electron chi connectivity index (χ1n) is 5.53. The molecule has 1 N–H and O–H groups in total. The number of hydrogen-bond acceptors (Lipinski definition) is 2. The molecule has 0 saturated heterocycles. The average Bonchev–Trinajstić information content (AvgIpc) is 2.33. The van der Waals surface area contributed by atoms with Gasteiger partial charge in [0.05, 0.1) is 0 Å². The van der Waals surface area contributed by atoms with E-state index in [1.165, 1.54) is 10.0 Å². The summed E-state index contributed by atoms with van der Waals surface area (Å²) in [5.41, 5.74) is 2.99. The second-order valence-electron chi connectivity index (χ2n) is 4.18. The first kappa shape index (κ1) is 12.2.